The Hall–Kier alpha value is -2.35. The van der Waals surface area contributed by atoms with Crippen molar-refractivity contribution in [3.63, 3.8) is 0 Å². The second kappa shape index (κ2) is 41.8. The molecule has 0 heterocycles. The lowest BCUT2D eigenvalue weighted by Gasteiger charge is -2.20. The molecular formula is C46H86N2O6. The molecule has 0 aromatic carbocycles. The van der Waals surface area contributed by atoms with E-state index < -0.39 is 12.2 Å². The summed E-state index contributed by atoms with van der Waals surface area (Å²) in [6.45, 7) is 11.4. The molecule has 8 nitrogen and oxygen atoms in total. The van der Waals surface area contributed by atoms with Gasteiger partial charge in [0.25, 0.3) is 0 Å². The number of amides is 1. The van der Waals surface area contributed by atoms with E-state index in [0.717, 1.165) is 77.3 Å². The van der Waals surface area contributed by atoms with E-state index in [1.807, 2.05) is 0 Å². The van der Waals surface area contributed by atoms with Crippen molar-refractivity contribution < 1.29 is 28.6 Å². The third-order valence-electron chi connectivity index (χ3n) is 10.0. The van der Waals surface area contributed by atoms with Crippen molar-refractivity contribution in [3.05, 3.63) is 24.3 Å². The fraction of sp³-hybridized carbons (Fsp3) is 0.848. The topological polar surface area (TPSA) is 94.2 Å². The predicted molar refractivity (Wildman–Crippen MR) is 227 cm³/mol. The Kier molecular flexibility index (Phi) is 40.0. The number of rotatable bonds is 40. The molecule has 54 heavy (non-hydrogen) atoms. The quantitative estimate of drug-likeness (QED) is 0.0287. The van der Waals surface area contributed by atoms with Crippen LogP contribution in [0.15, 0.2) is 24.3 Å². The number of esters is 2. The molecule has 1 N–H and O–H groups in total. The Morgan fingerprint density at radius 1 is 0.500 bits per heavy atom. The molecule has 0 radical (unpaired) electrons. The predicted octanol–water partition coefficient (Wildman–Crippen LogP) is 12.6. The molecule has 0 aliphatic carbocycles. The lowest BCUT2D eigenvalue weighted by molar-refractivity contribution is -0.152. The number of carbonyl (C=O) groups is 3. The van der Waals surface area contributed by atoms with Crippen molar-refractivity contribution in [1.82, 2.24) is 10.2 Å². The van der Waals surface area contributed by atoms with Crippen LogP contribution in [0.4, 0.5) is 4.79 Å². The molecule has 8 heteroatoms. The highest BCUT2D eigenvalue weighted by molar-refractivity contribution is 5.70. The lowest BCUT2D eigenvalue weighted by Crippen LogP contribution is -2.39. The van der Waals surface area contributed by atoms with Crippen molar-refractivity contribution in [3.8, 4) is 0 Å². The summed E-state index contributed by atoms with van der Waals surface area (Å²) in [5, 5.41) is 2.76. The number of carbonyl (C=O) groups excluding carboxylic acids is 3. The standard InChI is InChI=1S/C46H86N2O6/c1-5-9-11-13-15-17-19-21-23-25-27-29-31-33-35-37-44(49)52-41-43(54-46(51)47-39-40-48(7-3)8-4)42-53-45(50)38-36-34-32-30-28-26-24-22-20-18-16-14-12-10-6-2/h21-24,43H,5-20,25-42H2,1-4H3,(H,47,51)/b23-21+,24-22+. The molecule has 0 saturated carbocycles. The molecular weight excluding hydrogens is 677 g/mol. The van der Waals surface area contributed by atoms with Crippen LogP contribution >= 0.6 is 0 Å². The number of likely N-dealkylation sites (N-methyl/N-ethyl adjacent to an activating group) is 1. The SMILES string of the molecule is CCCCCCCC/C=C/CCCCCCCC(=O)OCC(COC(=O)CCCCCCC/C=C/CCCCCCCC)OC(=O)NCCN(CC)CC. The van der Waals surface area contributed by atoms with Crippen LogP contribution in [-0.4, -0.2) is 68.4 Å². The van der Waals surface area contributed by atoms with Gasteiger partial charge in [-0.05, 0) is 77.3 Å². The van der Waals surface area contributed by atoms with Gasteiger partial charge in [0.2, 0.25) is 0 Å². The van der Waals surface area contributed by atoms with E-state index in [9.17, 15) is 14.4 Å². The minimum Gasteiger partial charge on any atom is -0.462 e. The molecule has 316 valence electrons. The zero-order valence-corrected chi connectivity index (χ0v) is 35.8. The van der Waals surface area contributed by atoms with E-state index in [-0.39, 0.29) is 25.2 Å². The van der Waals surface area contributed by atoms with Crippen LogP contribution < -0.4 is 5.32 Å². The third kappa shape index (κ3) is 37.9. The Bertz CT molecular complexity index is 848. The van der Waals surface area contributed by atoms with Gasteiger partial charge in [0.05, 0.1) is 0 Å². The minimum atomic E-state index is -0.852. The van der Waals surface area contributed by atoms with Crippen LogP contribution in [0.25, 0.3) is 0 Å². The van der Waals surface area contributed by atoms with Gasteiger partial charge >= 0.3 is 18.0 Å². The third-order valence-corrected chi connectivity index (χ3v) is 10.0. The monoisotopic (exact) mass is 763 g/mol. The number of nitrogens with zero attached hydrogens (tertiary/aromatic N) is 1. The number of hydrogen-bond acceptors (Lipinski definition) is 7. The van der Waals surface area contributed by atoms with E-state index in [4.69, 9.17) is 14.2 Å². The Balaban J connectivity index is 4.27. The van der Waals surface area contributed by atoms with Crippen LogP contribution in [0.5, 0.6) is 0 Å². The summed E-state index contributed by atoms with van der Waals surface area (Å²) in [5.74, 6) is -0.634. The largest absolute Gasteiger partial charge is 0.462 e. The number of ether oxygens (including phenoxy) is 3. The minimum absolute atomic E-state index is 0.131. The first-order chi connectivity index (χ1) is 26.5. The fourth-order valence-electron chi connectivity index (χ4n) is 6.36. The van der Waals surface area contributed by atoms with Gasteiger partial charge in [0.15, 0.2) is 6.10 Å². The van der Waals surface area contributed by atoms with Gasteiger partial charge in [-0.25, -0.2) is 4.79 Å². The molecule has 0 bridgehead atoms. The molecule has 0 fully saturated rings. The van der Waals surface area contributed by atoms with Crippen LogP contribution in [0, 0.1) is 0 Å². The normalized spacial score (nSPS) is 11.7. The van der Waals surface area contributed by atoms with E-state index >= 15 is 0 Å². The van der Waals surface area contributed by atoms with Crippen molar-refractivity contribution in [2.24, 2.45) is 0 Å². The molecule has 0 saturated heterocycles. The van der Waals surface area contributed by atoms with Gasteiger partial charge in [-0.15, -0.1) is 0 Å². The summed E-state index contributed by atoms with van der Waals surface area (Å²) in [7, 11) is 0. The van der Waals surface area contributed by atoms with Gasteiger partial charge < -0.3 is 24.4 Å². The Morgan fingerprint density at radius 3 is 1.22 bits per heavy atom. The molecule has 0 spiro atoms. The van der Waals surface area contributed by atoms with Crippen LogP contribution in [-0.2, 0) is 23.8 Å². The highest BCUT2D eigenvalue weighted by Gasteiger charge is 2.19. The number of unbranched alkanes of at least 4 members (excludes halogenated alkanes) is 22. The van der Waals surface area contributed by atoms with Crippen LogP contribution in [0.3, 0.4) is 0 Å². The van der Waals surface area contributed by atoms with E-state index in [1.165, 1.54) is 103 Å². The van der Waals surface area contributed by atoms with Crippen molar-refractivity contribution in [2.75, 3.05) is 39.4 Å². The summed E-state index contributed by atoms with van der Waals surface area (Å²) in [4.78, 5) is 39.7. The molecule has 0 aromatic heterocycles. The first kappa shape index (κ1) is 51.6. The molecule has 1 amide bonds. The Labute approximate surface area is 333 Å². The van der Waals surface area contributed by atoms with Gasteiger partial charge in [-0.3, -0.25) is 9.59 Å². The molecule has 0 atom stereocenters. The smallest absolute Gasteiger partial charge is 0.407 e. The maximum absolute atomic E-state index is 12.5. The van der Waals surface area contributed by atoms with Gasteiger partial charge in [-0.1, -0.05) is 155 Å². The van der Waals surface area contributed by atoms with Crippen molar-refractivity contribution in [2.45, 2.75) is 214 Å². The maximum atomic E-state index is 12.5. The number of nitrogens with one attached hydrogen (secondary N) is 1. The molecule has 0 aliphatic rings. The van der Waals surface area contributed by atoms with E-state index in [2.05, 4.69) is 62.2 Å². The van der Waals surface area contributed by atoms with Crippen LogP contribution in [0.2, 0.25) is 0 Å². The fourth-order valence-corrected chi connectivity index (χ4v) is 6.36. The molecule has 0 aromatic rings. The summed E-state index contributed by atoms with van der Waals surface area (Å²) < 4.78 is 16.5. The van der Waals surface area contributed by atoms with E-state index in [1.54, 1.807) is 0 Å². The second-order valence-electron chi connectivity index (χ2n) is 15.0. The zero-order chi connectivity index (χ0) is 39.6. The molecule has 0 unspecified atom stereocenters. The number of allylic oxidation sites excluding steroid dienone is 4. The average Bonchev–Trinajstić information content (AvgIpc) is 3.17. The first-order valence-corrected chi connectivity index (χ1v) is 22.7. The van der Waals surface area contributed by atoms with Crippen molar-refractivity contribution >= 4 is 18.0 Å². The summed E-state index contributed by atoms with van der Waals surface area (Å²) in [6, 6.07) is 0. The summed E-state index contributed by atoms with van der Waals surface area (Å²) >= 11 is 0. The summed E-state index contributed by atoms with van der Waals surface area (Å²) in [5.41, 5.74) is 0. The highest BCUT2D eigenvalue weighted by Crippen LogP contribution is 2.13. The first-order valence-electron chi connectivity index (χ1n) is 22.7. The molecule has 0 aliphatic heterocycles. The Morgan fingerprint density at radius 2 is 0.852 bits per heavy atom. The van der Waals surface area contributed by atoms with Gasteiger partial charge in [-0.2, -0.15) is 0 Å². The number of hydrogen-bond donors (Lipinski definition) is 1. The highest BCUT2D eigenvalue weighted by atomic mass is 16.6. The average molecular weight is 763 g/mol. The zero-order valence-electron chi connectivity index (χ0n) is 35.8. The molecule has 0 rings (SSSR count). The summed E-state index contributed by atoms with van der Waals surface area (Å²) in [6.07, 6.45) is 39.7. The van der Waals surface area contributed by atoms with Crippen LogP contribution in [0.1, 0.15) is 207 Å². The maximum Gasteiger partial charge on any atom is 0.407 e. The van der Waals surface area contributed by atoms with Gasteiger partial charge in [0.1, 0.15) is 13.2 Å². The number of alkyl carbamates (subject to hydrolysis) is 1. The van der Waals surface area contributed by atoms with E-state index in [0.29, 0.717) is 25.9 Å². The second-order valence-corrected chi connectivity index (χ2v) is 15.0. The van der Waals surface area contributed by atoms with Crippen molar-refractivity contribution in [1.29, 1.82) is 0 Å². The van der Waals surface area contributed by atoms with Gasteiger partial charge in [0, 0.05) is 25.9 Å². The lowest BCUT2D eigenvalue weighted by atomic mass is 10.1.